The maximum atomic E-state index is 12.7. The Bertz CT molecular complexity index is 928. The lowest BCUT2D eigenvalue weighted by Crippen LogP contribution is -2.57. The lowest BCUT2D eigenvalue weighted by molar-refractivity contribution is -0.143. The molecule has 0 aromatic rings. The zero-order valence-corrected chi connectivity index (χ0v) is 22.4. The number of fused-ring (bicyclic) bond motifs is 5. The molecule has 4 aliphatic carbocycles. The van der Waals surface area contributed by atoms with Crippen LogP contribution in [0, 0.1) is 45.3 Å². The van der Waals surface area contributed by atoms with Crippen molar-refractivity contribution in [2.75, 3.05) is 0 Å². The van der Waals surface area contributed by atoms with Crippen LogP contribution in [0.2, 0.25) is 0 Å². The second-order valence-corrected chi connectivity index (χ2v) is 13.5. The smallest absolute Gasteiger partial charge is 0.306 e. The van der Waals surface area contributed by atoms with Crippen molar-refractivity contribution in [2.24, 2.45) is 45.3 Å². The van der Waals surface area contributed by atoms with Crippen molar-refractivity contribution in [3.05, 3.63) is 23.3 Å². The predicted octanol–water partition coefficient (Wildman–Crippen LogP) is 6.58. The molecule has 0 radical (unpaired) electrons. The SMILES string of the molecule is C[C@H](CC(=O)C[C@H](C)C(=O)O)C1=CC[C@@]2(C)[C@@H]3CC[C@H]4C(C)(C)[C@H](O)CC[C@]4(C)C3=CC[C@]12C. The highest BCUT2D eigenvalue weighted by Gasteiger charge is 2.63. The number of carboxylic acids is 1. The molecule has 2 saturated carbocycles. The number of hydrogen-bond acceptors (Lipinski definition) is 3. The number of carboxylic acid groups (broad SMARTS) is 1. The molecule has 0 bridgehead atoms. The van der Waals surface area contributed by atoms with E-state index in [2.05, 4.69) is 53.7 Å². The standard InChI is InChI=1S/C30H46O4/c1-18(16-20(31)17-19(2)26(33)34)21-10-14-30(7)23-8-9-24-27(3,4)25(32)12-13-28(24,5)22(23)11-15-29(21,30)6/h10-11,18-19,23-25,32H,8-9,12-17H2,1-7H3,(H,33,34)/t18-,19+,23-,24+,25-,28-,29-,30+/m1/s1. The van der Waals surface area contributed by atoms with E-state index in [4.69, 9.17) is 0 Å². The molecule has 0 saturated heterocycles. The Balaban J connectivity index is 1.59. The van der Waals surface area contributed by atoms with Crippen LogP contribution in [-0.2, 0) is 9.59 Å². The average Bonchev–Trinajstić information content (AvgIpc) is 3.02. The zero-order chi connectivity index (χ0) is 25.3. The van der Waals surface area contributed by atoms with Crippen LogP contribution in [-0.4, -0.2) is 28.1 Å². The van der Waals surface area contributed by atoms with Gasteiger partial charge in [-0.15, -0.1) is 0 Å². The van der Waals surface area contributed by atoms with Gasteiger partial charge in [-0.25, -0.2) is 0 Å². The van der Waals surface area contributed by atoms with Crippen LogP contribution in [0.25, 0.3) is 0 Å². The number of hydrogen-bond donors (Lipinski definition) is 2. The van der Waals surface area contributed by atoms with Gasteiger partial charge in [-0.2, -0.15) is 0 Å². The van der Waals surface area contributed by atoms with E-state index < -0.39 is 11.9 Å². The van der Waals surface area contributed by atoms with Gasteiger partial charge in [0.2, 0.25) is 0 Å². The van der Waals surface area contributed by atoms with E-state index in [9.17, 15) is 19.8 Å². The van der Waals surface area contributed by atoms with Crippen LogP contribution in [0.3, 0.4) is 0 Å². The maximum Gasteiger partial charge on any atom is 0.306 e. The summed E-state index contributed by atoms with van der Waals surface area (Å²) in [6, 6.07) is 0. The molecular weight excluding hydrogens is 424 g/mol. The van der Waals surface area contributed by atoms with Gasteiger partial charge in [-0.05, 0) is 77.9 Å². The van der Waals surface area contributed by atoms with Crippen LogP contribution in [0.5, 0.6) is 0 Å². The minimum absolute atomic E-state index is 0.0339. The highest BCUT2D eigenvalue weighted by Crippen LogP contribution is 2.71. The number of Topliss-reactive ketones (excluding diaryl/α,β-unsaturated/α-hetero) is 1. The van der Waals surface area contributed by atoms with E-state index in [1.807, 2.05) is 0 Å². The fourth-order valence-corrected chi connectivity index (χ4v) is 9.00. The normalized spacial score (nSPS) is 42.4. The van der Waals surface area contributed by atoms with Gasteiger partial charge in [0, 0.05) is 12.8 Å². The Morgan fingerprint density at radius 2 is 1.68 bits per heavy atom. The number of ketones is 1. The molecular formula is C30H46O4. The van der Waals surface area contributed by atoms with Crippen molar-refractivity contribution >= 4 is 11.8 Å². The van der Waals surface area contributed by atoms with E-state index in [1.165, 1.54) is 18.4 Å². The van der Waals surface area contributed by atoms with Gasteiger partial charge in [-0.3, -0.25) is 9.59 Å². The molecule has 4 nitrogen and oxygen atoms in total. The predicted molar refractivity (Wildman–Crippen MR) is 135 cm³/mol. The minimum Gasteiger partial charge on any atom is -0.481 e. The molecule has 190 valence electrons. The molecule has 2 N–H and O–H groups in total. The first-order valence-electron chi connectivity index (χ1n) is 13.5. The van der Waals surface area contributed by atoms with Gasteiger partial charge in [0.1, 0.15) is 5.78 Å². The summed E-state index contributed by atoms with van der Waals surface area (Å²) in [6.07, 6.45) is 11.7. The Kier molecular flexibility index (Phi) is 6.28. The molecule has 4 rings (SSSR count). The molecule has 8 atom stereocenters. The van der Waals surface area contributed by atoms with E-state index in [-0.39, 0.29) is 45.9 Å². The van der Waals surface area contributed by atoms with E-state index >= 15 is 0 Å². The molecule has 2 fully saturated rings. The Morgan fingerprint density at radius 1 is 1.00 bits per heavy atom. The van der Waals surface area contributed by atoms with Gasteiger partial charge in [0.15, 0.2) is 0 Å². The van der Waals surface area contributed by atoms with Gasteiger partial charge >= 0.3 is 5.97 Å². The van der Waals surface area contributed by atoms with E-state index in [0.29, 0.717) is 18.3 Å². The number of allylic oxidation sites excluding steroid dienone is 4. The van der Waals surface area contributed by atoms with Gasteiger partial charge in [-0.1, -0.05) is 71.8 Å². The summed E-state index contributed by atoms with van der Waals surface area (Å²) in [6.45, 7) is 15.7. The number of aliphatic hydroxyl groups excluding tert-OH is 1. The number of carbonyl (C=O) groups is 2. The van der Waals surface area contributed by atoms with E-state index in [1.54, 1.807) is 12.5 Å². The molecule has 34 heavy (non-hydrogen) atoms. The average molecular weight is 471 g/mol. The van der Waals surface area contributed by atoms with Crippen LogP contribution in [0.15, 0.2) is 23.3 Å². The molecule has 0 amide bonds. The van der Waals surface area contributed by atoms with Crippen molar-refractivity contribution in [3.63, 3.8) is 0 Å². The molecule has 0 aromatic heterocycles. The quantitative estimate of drug-likeness (QED) is 0.430. The third-order valence-electron chi connectivity index (χ3n) is 11.4. The first-order chi connectivity index (χ1) is 15.7. The van der Waals surface area contributed by atoms with Crippen molar-refractivity contribution < 1.29 is 19.8 Å². The van der Waals surface area contributed by atoms with Crippen molar-refractivity contribution in [1.29, 1.82) is 0 Å². The summed E-state index contributed by atoms with van der Waals surface area (Å²) in [5, 5.41) is 20.0. The maximum absolute atomic E-state index is 12.7. The fourth-order valence-electron chi connectivity index (χ4n) is 9.00. The largest absolute Gasteiger partial charge is 0.481 e. The molecule has 0 spiro atoms. The fraction of sp³-hybridized carbons (Fsp3) is 0.800. The Hall–Kier alpha value is -1.42. The third-order valence-corrected chi connectivity index (χ3v) is 11.4. The summed E-state index contributed by atoms with van der Waals surface area (Å²) in [7, 11) is 0. The molecule has 4 aliphatic rings. The van der Waals surface area contributed by atoms with Crippen molar-refractivity contribution in [3.8, 4) is 0 Å². The molecule has 0 unspecified atom stereocenters. The highest BCUT2D eigenvalue weighted by atomic mass is 16.4. The third kappa shape index (κ3) is 3.57. The summed E-state index contributed by atoms with van der Waals surface area (Å²) in [4.78, 5) is 23.9. The van der Waals surface area contributed by atoms with E-state index in [0.717, 1.165) is 25.7 Å². The lowest BCUT2D eigenvalue weighted by atomic mass is 9.41. The first kappa shape index (κ1) is 25.7. The number of rotatable bonds is 6. The Morgan fingerprint density at radius 3 is 2.32 bits per heavy atom. The van der Waals surface area contributed by atoms with Crippen molar-refractivity contribution in [2.45, 2.75) is 106 Å². The molecule has 0 aromatic carbocycles. The first-order valence-corrected chi connectivity index (χ1v) is 13.5. The van der Waals surface area contributed by atoms with Crippen LogP contribution < -0.4 is 0 Å². The molecule has 0 aliphatic heterocycles. The van der Waals surface area contributed by atoms with Gasteiger partial charge in [0.25, 0.3) is 0 Å². The summed E-state index contributed by atoms with van der Waals surface area (Å²) < 4.78 is 0. The summed E-state index contributed by atoms with van der Waals surface area (Å²) >= 11 is 0. The minimum atomic E-state index is -0.895. The summed E-state index contributed by atoms with van der Waals surface area (Å²) in [5.41, 5.74) is 3.35. The van der Waals surface area contributed by atoms with Gasteiger partial charge in [0.05, 0.1) is 12.0 Å². The second-order valence-electron chi connectivity index (χ2n) is 13.5. The molecule has 0 heterocycles. The topological polar surface area (TPSA) is 74.6 Å². The van der Waals surface area contributed by atoms with Crippen molar-refractivity contribution in [1.82, 2.24) is 0 Å². The van der Waals surface area contributed by atoms with Crippen LogP contribution in [0.4, 0.5) is 0 Å². The number of aliphatic carboxylic acids is 1. The zero-order valence-electron chi connectivity index (χ0n) is 22.4. The van der Waals surface area contributed by atoms with Crippen LogP contribution >= 0.6 is 0 Å². The Labute approximate surface area is 206 Å². The number of carbonyl (C=O) groups excluding carboxylic acids is 1. The molecule has 4 heteroatoms. The van der Waals surface area contributed by atoms with Gasteiger partial charge < -0.3 is 10.2 Å². The lowest BCUT2D eigenvalue weighted by Gasteiger charge is -2.64. The second kappa shape index (κ2) is 8.32. The summed E-state index contributed by atoms with van der Waals surface area (Å²) in [5.74, 6) is -0.252. The highest BCUT2D eigenvalue weighted by molar-refractivity contribution is 5.84. The monoisotopic (exact) mass is 470 g/mol. The number of aliphatic hydroxyl groups is 1. The van der Waals surface area contributed by atoms with Crippen LogP contribution in [0.1, 0.15) is 99.8 Å².